The molecule has 4 N–H and O–H groups in total. The normalized spacial score (nSPS) is 10.6. The van der Waals surface area contributed by atoms with Crippen LogP contribution in [0.4, 0.5) is 4.39 Å². The summed E-state index contributed by atoms with van der Waals surface area (Å²) >= 11 is 0. The van der Waals surface area contributed by atoms with E-state index in [1.54, 1.807) is 48.5 Å². The van der Waals surface area contributed by atoms with E-state index in [1.165, 1.54) is 18.3 Å². The molecule has 0 saturated carbocycles. The predicted molar refractivity (Wildman–Crippen MR) is 121 cm³/mol. The quantitative estimate of drug-likeness (QED) is 0.339. The molecule has 4 aromatic rings. The van der Waals surface area contributed by atoms with Gasteiger partial charge in [-0.05, 0) is 53.9 Å². The highest BCUT2D eigenvalue weighted by molar-refractivity contribution is 6.12. The highest BCUT2D eigenvalue weighted by Crippen LogP contribution is 2.31. The molecule has 34 heavy (non-hydrogen) atoms. The van der Waals surface area contributed by atoms with Gasteiger partial charge in [0.25, 0.3) is 11.8 Å². The second kappa shape index (κ2) is 9.37. The molecular formula is C25H18FN3O5. The van der Waals surface area contributed by atoms with Crippen LogP contribution in [0.25, 0.3) is 10.9 Å². The molecule has 4 rings (SSSR count). The molecule has 1 aromatic heterocycles. The van der Waals surface area contributed by atoms with Crippen LogP contribution in [0.2, 0.25) is 0 Å². The van der Waals surface area contributed by atoms with E-state index < -0.39 is 29.1 Å². The first-order valence-corrected chi connectivity index (χ1v) is 10.1. The van der Waals surface area contributed by atoms with Gasteiger partial charge in [0, 0.05) is 17.1 Å². The van der Waals surface area contributed by atoms with Crippen LogP contribution in [0, 0.1) is 5.82 Å². The molecule has 2 amide bonds. The summed E-state index contributed by atoms with van der Waals surface area (Å²) in [5.41, 5.74) is 5.60. The van der Waals surface area contributed by atoms with E-state index in [0.29, 0.717) is 17.5 Å². The van der Waals surface area contributed by atoms with Gasteiger partial charge in [0.05, 0.1) is 5.56 Å². The summed E-state index contributed by atoms with van der Waals surface area (Å²) in [5, 5.41) is 20.1. The number of hydrogen-bond acceptors (Lipinski definition) is 5. The van der Waals surface area contributed by atoms with Crippen LogP contribution in [-0.2, 0) is 6.42 Å². The van der Waals surface area contributed by atoms with Crippen molar-refractivity contribution in [2.45, 2.75) is 6.42 Å². The number of hydrogen-bond donors (Lipinski definition) is 4. The Labute approximate surface area is 192 Å². The van der Waals surface area contributed by atoms with Gasteiger partial charge in [-0.3, -0.25) is 25.4 Å². The Bertz CT molecular complexity index is 1410. The van der Waals surface area contributed by atoms with Gasteiger partial charge >= 0.3 is 5.97 Å². The average Bonchev–Trinajstić information content (AvgIpc) is 2.84. The molecule has 0 bridgehead atoms. The summed E-state index contributed by atoms with van der Waals surface area (Å²) in [5.74, 6) is -3.76. The van der Waals surface area contributed by atoms with Crippen LogP contribution in [0.1, 0.15) is 42.2 Å². The summed E-state index contributed by atoms with van der Waals surface area (Å²) in [6.45, 7) is 0. The Morgan fingerprint density at radius 1 is 0.853 bits per heavy atom. The standard InChI is InChI=1S/C25H18FN3O5/c26-17-8-6-14(7-9-17)10-15-11-18-19(12-20(25(33)34)22(30)21(18)27-13-15)24(32)29-28-23(31)16-4-2-1-3-5-16/h1-9,11-13,30H,10H2,(H,28,31)(H,29,32)(H,33,34). The van der Waals surface area contributed by atoms with Gasteiger partial charge in [-0.15, -0.1) is 0 Å². The van der Waals surface area contributed by atoms with E-state index in [4.69, 9.17) is 0 Å². The highest BCUT2D eigenvalue weighted by atomic mass is 19.1. The number of carbonyl (C=O) groups is 3. The second-order valence-electron chi connectivity index (χ2n) is 7.44. The fourth-order valence-electron chi connectivity index (χ4n) is 3.45. The van der Waals surface area contributed by atoms with E-state index in [9.17, 15) is 29.0 Å². The van der Waals surface area contributed by atoms with E-state index in [2.05, 4.69) is 15.8 Å². The number of benzene rings is 3. The molecule has 0 aliphatic rings. The Kier molecular flexibility index (Phi) is 6.18. The van der Waals surface area contributed by atoms with Gasteiger partial charge in [0.1, 0.15) is 16.9 Å². The van der Waals surface area contributed by atoms with Gasteiger partial charge < -0.3 is 10.2 Å². The summed E-state index contributed by atoms with van der Waals surface area (Å²) in [6.07, 6.45) is 1.80. The number of rotatable bonds is 5. The molecule has 0 aliphatic heterocycles. The molecule has 9 heteroatoms. The number of pyridine rings is 1. The van der Waals surface area contributed by atoms with E-state index in [-0.39, 0.29) is 22.3 Å². The molecule has 0 radical (unpaired) electrons. The van der Waals surface area contributed by atoms with Gasteiger partial charge in [0.15, 0.2) is 5.75 Å². The van der Waals surface area contributed by atoms with Gasteiger partial charge in [-0.25, -0.2) is 9.18 Å². The smallest absolute Gasteiger partial charge is 0.339 e. The maximum Gasteiger partial charge on any atom is 0.339 e. The number of phenols is 1. The SMILES string of the molecule is O=C(NNC(=O)c1cc(C(=O)O)c(O)c2ncc(Cc3ccc(F)cc3)cc12)c1ccccc1. The number of carbonyl (C=O) groups excluding carboxylic acids is 2. The maximum atomic E-state index is 13.2. The van der Waals surface area contributed by atoms with Crippen molar-refractivity contribution in [3.05, 3.63) is 107 Å². The van der Waals surface area contributed by atoms with Crippen molar-refractivity contribution >= 4 is 28.7 Å². The summed E-state index contributed by atoms with van der Waals surface area (Å²) < 4.78 is 13.2. The van der Waals surface area contributed by atoms with Crippen molar-refractivity contribution in [3.63, 3.8) is 0 Å². The number of fused-ring (bicyclic) bond motifs is 1. The van der Waals surface area contributed by atoms with Crippen LogP contribution in [-0.4, -0.2) is 33.0 Å². The van der Waals surface area contributed by atoms with Crippen molar-refractivity contribution in [2.24, 2.45) is 0 Å². The highest BCUT2D eigenvalue weighted by Gasteiger charge is 2.22. The lowest BCUT2D eigenvalue weighted by atomic mass is 9.99. The fraction of sp³-hybridized carbons (Fsp3) is 0.0400. The summed E-state index contributed by atoms with van der Waals surface area (Å²) in [7, 11) is 0. The minimum atomic E-state index is -1.45. The number of halogens is 1. The number of amides is 2. The Hall–Kier alpha value is -4.79. The monoisotopic (exact) mass is 459 g/mol. The molecule has 3 aromatic carbocycles. The third-order valence-corrected chi connectivity index (χ3v) is 5.12. The summed E-state index contributed by atoms with van der Waals surface area (Å²) in [6, 6.07) is 16.7. The minimum absolute atomic E-state index is 0.0812. The first-order chi connectivity index (χ1) is 16.3. The van der Waals surface area contributed by atoms with Crippen molar-refractivity contribution in [1.29, 1.82) is 0 Å². The topological polar surface area (TPSA) is 129 Å². The molecule has 0 fully saturated rings. The van der Waals surface area contributed by atoms with Gasteiger partial charge in [-0.1, -0.05) is 30.3 Å². The van der Waals surface area contributed by atoms with Crippen molar-refractivity contribution in [2.75, 3.05) is 0 Å². The number of nitrogens with one attached hydrogen (secondary N) is 2. The number of aromatic hydroxyl groups is 1. The maximum absolute atomic E-state index is 13.2. The molecule has 0 atom stereocenters. The molecule has 170 valence electrons. The lowest BCUT2D eigenvalue weighted by Gasteiger charge is -2.13. The first-order valence-electron chi connectivity index (χ1n) is 10.1. The third kappa shape index (κ3) is 4.68. The molecular weight excluding hydrogens is 441 g/mol. The molecule has 0 saturated heterocycles. The van der Waals surface area contributed by atoms with E-state index in [1.807, 2.05) is 0 Å². The van der Waals surface area contributed by atoms with Gasteiger partial charge in [0.2, 0.25) is 0 Å². The molecule has 1 heterocycles. The zero-order valence-electron chi connectivity index (χ0n) is 17.6. The van der Waals surface area contributed by atoms with Crippen molar-refractivity contribution in [3.8, 4) is 5.75 Å². The number of carboxylic acid groups (broad SMARTS) is 1. The number of nitrogens with zero attached hydrogens (tertiary/aromatic N) is 1. The van der Waals surface area contributed by atoms with Crippen molar-refractivity contribution in [1.82, 2.24) is 15.8 Å². The zero-order valence-corrected chi connectivity index (χ0v) is 17.6. The lowest BCUT2D eigenvalue weighted by molar-refractivity contribution is 0.0693. The number of carboxylic acids is 1. The first kappa shape index (κ1) is 22.4. The fourth-order valence-corrected chi connectivity index (χ4v) is 3.45. The Morgan fingerprint density at radius 2 is 1.53 bits per heavy atom. The van der Waals surface area contributed by atoms with Crippen LogP contribution < -0.4 is 10.9 Å². The van der Waals surface area contributed by atoms with Crippen LogP contribution in [0.3, 0.4) is 0 Å². The third-order valence-electron chi connectivity index (χ3n) is 5.12. The number of aromatic carboxylic acids is 1. The van der Waals surface area contributed by atoms with Crippen LogP contribution in [0.5, 0.6) is 5.75 Å². The molecule has 8 nitrogen and oxygen atoms in total. The predicted octanol–water partition coefficient (Wildman–Crippen LogP) is 3.44. The summed E-state index contributed by atoms with van der Waals surface area (Å²) in [4.78, 5) is 40.9. The molecule has 0 unspecified atom stereocenters. The lowest BCUT2D eigenvalue weighted by Crippen LogP contribution is -2.41. The minimum Gasteiger partial charge on any atom is -0.505 e. The number of hydrazine groups is 1. The van der Waals surface area contributed by atoms with E-state index >= 15 is 0 Å². The van der Waals surface area contributed by atoms with Crippen molar-refractivity contribution < 1.29 is 29.0 Å². The zero-order chi connectivity index (χ0) is 24.2. The van der Waals surface area contributed by atoms with Gasteiger partial charge in [-0.2, -0.15) is 0 Å². The van der Waals surface area contributed by atoms with Crippen LogP contribution in [0.15, 0.2) is 72.9 Å². The van der Waals surface area contributed by atoms with Crippen LogP contribution >= 0.6 is 0 Å². The van der Waals surface area contributed by atoms with E-state index in [0.717, 1.165) is 11.6 Å². The molecule has 0 spiro atoms. The average molecular weight is 459 g/mol. The number of aromatic nitrogens is 1. The molecule has 0 aliphatic carbocycles. The largest absolute Gasteiger partial charge is 0.505 e. The second-order valence-corrected chi connectivity index (χ2v) is 7.44. The Balaban J connectivity index is 1.69. The Morgan fingerprint density at radius 3 is 2.21 bits per heavy atom.